The van der Waals surface area contributed by atoms with Crippen LogP contribution in [-0.2, 0) is 4.79 Å². The van der Waals surface area contributed by atoms with Gasteiger partial charge in [-0.2, -0.15) is 0 Å². The monoisotopic (exact) mass is 262 g/mol. The van der Waals surface area contributed by atoms with Gasteiger partial charge < -0.3 is 14.6 Å². The van der Waals surface area contributed by atoms with E-state index >= 15 is 0 Å². The highest BCUT2D eigenvalue weighted by molar-refractivity contribution is 5.86. The Bertz CT molecular complexity index is 466. The second-order valence-corrected chi connectivity index (χ2v) is 3.12. The lowest BCUT2D eigenvalue weighted by Gasteiger charge is -2.12. The van der Waals surface area contributed by atoms with Crippen molar-refractivity contribution >= 4 is 12.0 Å². The van der Waals surface area contributed by atoms with Crippen LogP contribution in [-0.4, -0.2) is 24.5 Å². The zero-order chi connectivity index (χ0) is 13.8. The maximum atomic E-state index is 12.1. The molecule has 18 heavy (non-hydrogen) atoms. The van der Waals surface area contributed by atoms with E-state index in [2.05, 4.69) is 4.74 Å². The van der Waals surface area contributed by atoms with Crippen LogP contribution in [0.2, 0.25) is 0 Å². The molecule has 1 rings (SSSR count). The van der Waals surface area contributed by atoms with Gasteiger partial charge in [-0.3, -0.25) is 0 Å². The second-order valence-electron chi connectivity index (χ2n) is 3.12. The molecule has 0 aromatic heterocycles. The van der Waals surface area contributed by atoms with E-state index < -0.39 is 18.1 Å². The zero-order valence-corrected chi connectivity index (χ0v) is 9.19. The van der Waals surface area contributed by atoms with E-state index in [1.807, 2.05) is 0 Å². The summed E-state index contributed by atoms with van der Waals surface area (Å²) in [4.78, 5) is 10.3. The predicted molar refractivity (Wildman–Crippen MR) is 56.3 cm³/mol. The van der Waals surface area contributed by atoms with Crippen molar-refractivity contribution in [1.29, 1.82) is 0 Å². The lowest BCUT2D eigenvalue weighted by molar-refractivity contribution is -0.274. The normalized spacial score (nSPS) is 11.6. The maximum Gasteiger partial charge on any atom is 0.573 e. The first kappa shape index (κ1) is 13.9. The molecule has 0 aliphatic carbocycles. The standard InChI is InChI=1S/C11H9F3O4/c1-17-8-3-4-9(18-11(12,13)14)7(6-8)2-5-10(15)16/h2-6H,1H3,(H,15,16)/b5-2+. The number of carboxylic acid groups (broad SMARTS) is 1. The first-order valence-electron chi connectivity index (χ1n) is 4.66. The van der Waals surface area contributed by atoms with E-state index in [1.54, 1.807) is 0 Å². The van der Waals surface area contributed by atoms with Crippen LogP contribution in [0.5, 0.6) is 11.5 Å². The van der Waals surface area contributed by atoms with Gasteiger partial charge in [0.2, 0.25) is 0 Å². The first-order chi connectivity index (χ1) is 8.31. The van der Waals surface area contributed by atoms with Gasteiger partial charge in [0.1, 0.15) is 11.5 Å². The van der Waals surface area contributed by atoms with Gasteiger partial charge in [-0.1, -0.05) is 0 Å². The van der Waals surface area contributed by atoms with Crippen molar-refractivity contribution in [2.24, 2.45) is 0 Å². The van der Waals surface area contributed by atoms with E-state index in [1.165, 1.54) is 19.2 Å². The van der Waals surface area contributed by atoms with Crippen LogP contribution in [0.1, 0.15) is 5.56 Å². The third kappa shape index (κ3) is 4.36. The average Bonchev–Trinajstić information content (AvgIpc) is 2.25. The molecule has 0 spiro atoms. The Morgan fingerprint density at radius 3 is 2.56 bits per heavy atom. The Morgan fingerprint density at radius 1 is 1.39 bits per heavy atom. The molecular weight excluding hydrogens is 253 g/mol. The van der Waals surface area contributed by atoms with Crippen LogP contribution in [0.4, 0.5) is 13.2 Å². The topological polar surface area (TPSA) is 55.8 Å². The van der Waals surface area contributed by atoms with Crippen LogP contribution < -0.4 is 9.47 Å². The van der Waals surface area contributed by atoms with Gasteiger partial charge in [-0.25, -0.2) is 4.79 Å². The molecule has 0 atom stereocenters. The van der Waals surface area contributed by atoms with Crippen LogP contribution in [0, 0.1) is 0 Å². The molecule has 0 bridgehead atoms. The van der Waals surface area contributed by atoms with Crippen molar-refractivity contribution in [1.82, 2.24) is 0 Å². The smallest absolute Gasteiger partial charge is 0.497 e. The molecule has 1 aromatic rings. The summed E-state index contributed by atoms with van der Waals surface area (Å²) in [6.45, 7) is 0. The van der Waals surface area contributed by atoms with Crippen molar-refractivity contribution in [3.05, 3.63) is 29.8 Å². The molecule has 0 amide bonds. The summed E-state index contributed by atoms with van der Waals surface area (Å²) in [5.74, 6) is -1.49. The summed E-state index contributed by atoms with van der Waals surface area (Å²) < 4.78 is 44.9. The number of rotatable bonds is 4. The Labute approximate surface area is 100 Å². The number of ether oxygens (including phenoxy) is 2. The fourth-order valence-corrected chi connectivity index (χ4v) is 1.16. The minimum absolute atomic E-state index is 0.0472. The number of hydrogen-bond acceptors (Lipinski definition) is 3. The Hall–Kier alpha value is -2.18. The molecule has 0 heterocycles. The van der Waals surface area contributed by atoms with Crippen molar-refractivity contribution in [2.45, 2.75) is 6.36 Å². The predicted octanol–water partition coefficient (Wildman–Crippen LogP) is 2.69. The molecule has 0 aliphatic rings. The number of carboxylic acids is 1. The van der Waals surface area contributed by atoms with Gasteiger partial charge in [0.25, 0.3) is 0 Å². The summed E-state index contributed by atoms with van der Waals surface area (Å²) >= 11 is 0. The molecule has 0 saturated heterocycles. The van der Waals surface area contributed by atoms with Gasteiger partial charge in [0, 0.05) is 11.6 Å². The average molecular weight is 262 g/mol. The minimum atomic E-state index is -4.85. The van der Waals surface area contributed by atoms with E-state index in [4.69, 9.17) is 9.84 Å². The molecule has 4 nitrogen and oxygen atoms in total. The fourth-order valence-electron chi connectivity index (χ4n) is 1.16. The number of benzene rings is 1. The Morgan fingerprint density at radius 2 is 2.06 bits per heavy atom. The third-order valence-electron chi connectivity index (χ3n) is 1.85. The summed E-state index contributed by atoms with van der Waals surface area (Å²) in [6, 6.07) is 3.56. The molecule has 1 aromatic carbocycles. The van der Waals surface area contributed by atoms with Crippen molar-refractivity contribution in [2.75, 3.05) is 7.11 Å². The largest absolute Gasteiger partial charge is 0.573 e. The van der Waals surface area contributed by atoms with Crippen molar-refractivity contribution in [3.63, 3.8) is 0 Å². The number of hydrogen-bond donors (Lipinski definition) is 1. The van der Waals surface area contributed by atoms with Gasteiger partial charge in [0.15, 0.2) is 0 Å². The number of carbonyl (C=O) groups is 1. The number of halogens is 3. The lowest BCUT2D eigenvalue weighted by atomic mass is 10.1. The third-order valence-corrected chi connectivity index (χ3v) is 1.85. The van der Waals surface area contributed by atoms with Crippen LogP contribution in [0.3, 0.4) is 0 Å². The van der Waals surface area contributed by atoms with Gasteiger partial charge in [-0.05, 0) is 24.3 Å². The molecule has 98 valence electrons. The highest BCUT2D eigenvalue weighted by Gasteiger charge is 2.31. The van der Waals surface area contributed by atoms with Crippen molar-refractivity contribution in [3.8, 4) is 11.5 Å². The van der Waals surface area contributed by atoms with E-state index in [-0.39, 0.29) is 11.3 Å². The van der Waals surface area contributed by atoms with Crippen LogP contribution in [0.15, 0.2) is 24.3 Å². The number of aliphatic carboxylic acids is 1. The van der Waals surface area contributed by atoms with Crippen LogP contribution >= 0.6 is 0 Å². The minimum Gasteiger partial charge on any atom is -0.497 e. The molecule has 0 radical (unpaired) electrons. The van der Waals surface area contributed by atoms with E-state index in [0.29, 0.717) is 6.08 Å². The van der Waals surface area contributed by atoms with E-state index in [9.17, 15) is 18.0 Å². The SMILES string of the molecule is COc1ccc(OC(F)(F)F)c(/C=C/C(=O)O)c1. The molecule has 7 heteroatoms. The zero-order valence-electron chi connectivity index (χ0n) is 9.19. The summed E-state index contributed by atoms with van der Waals surface area (Å²) in [5, 5.41) is 8.44. The lowest BCUT2D eigenvalue weighted by Crippen LogP contribution is -2.17. The van der Waals surface area contributed by atoms with Crippen LogP contribution in [0.25, 0.3) is 6.08 Å². The summed E-state index contributed by atoms with van der Waals surface area (Å²) in [7, 11) is 1.34. The molecule has 1 N–H and O–H groups in total. The van der Waals surface area contributed by atoms with Gasteiger partial charge in [-0.15, -0.1) is 13.2 Å². The molecule has 0 saturated carbocycles. The Balaban J connectivity index is 3.12. The summed E-state index contributed by atoms with van der Waals surface area (Å²) in [6.07, 6.45) is -3.15. The molecule has 0 unspecified atom stereocenters. The Kier molecular flexibility index (Phi) is 4.19. The first-order valence-corrected chi connectivity index (χ1v) is 4.66. The molecular formula is C11H9F3O4. The fraction of sp³-hybridized carbons (Fsp3) is 0.182. The second kappa shape index (κ2) is 5.44. The number of methoxy groups -OCH3 is 1. The van der Waals surface area contributed by atoms with Crippen molar-refractivity contribution < 1.29 is 32.5 Å². The maximum absolute atomic E-state index is 12.1. The molecule has 0 fully saturated rings. The highest BCUT2D eigenvalue weighted by atomic mass is 19.4. The highest BCUT2D eigenvalue weighted by Crippen LogP contribution is 2.30. The van der Waals surface area contributed by atoms with Gasteiger partial charge in [0.05, 0.1) is 7.11 Å². The molecule has 0 aliphatic heterocycles. The quantitative estimate of drug-likeness (QED) is 0.847. The van der Waals surface area contributed by atoms with Gasteiger partial charge >= 0.3 is 12.3 Å². The summed E-state index contributed by atoms with van der Waals surface area (Å²) in [5.41, 5.74) is -0.0472. The number of alkyl halides is 3. The van der Waals surface area contributed by atoms with E-state index in [0.717, 1.165) is 12.1 Å².